The summed E-state index contributed by atoms with van der Waals surface area (Å²) in [6.07, 6.45) is -3.01. The monoisotopic (exact) mass is 221 g/mol. The van der Waals surface area contributed by atoms with Gasteiger partial charge in [0.15, 0.2) is 5.69 Å². The lowest BCUT2D eigenvalue weighted by Crippen LogP contribution is -2.26. The second-order valence-electron chi connectivity index (χ2n) is 3.57. The molecule has 1 rings (SSSR count). The highest BCUT2D eigenvalue weighted by Gasteiger charge is 2.33. The van der Waals surface area contributed by atoms with Gasteiger partial charge in [-0.1, -0.05) is 13.8 Å². The van der Waals surface area contributed by atoms with Crippen molar-refractivity contribution in [2.45, 2.75) is 32.6 Å². The molecule has 0 saturated carbocycles. The average Bonchev–Trinajstić information content (AvgIpc) is 2.51. The maximum atomic E-state index is 12.2. The molecule has 0 amide bonds. The number of nitrogens with zero attached hydrogens (tertiary/aromatic N) is 2. The number of halogens is 3. The molecule has 1 heterocycles. The van der Waals surface area contributed by atoms with Crippen LogP contribution in [0.3, 0.4) is 0 Å². The van der Waals surface area contributed by atoms with Crippen molar-refractivity contribution in [2.24, 2.45) is 0 Å². The van der Waals surface area contributed by atoms with Crippen LogP contribution in [0.25, 0.3) is 0 Å². The highest BCUT2D eigenvalue weighted by Crippen LogP contribution is 2.26. The summed E-state index contributed by atoms with van der Waals surface area (Å²) in [5.74, 6) is 0. The van der Waals surface area contributed by atoms with E-state index in [1.807, 2.05) is 13.8 Å². The largest absolute Gasteiger partial charge is 0.435 e. The fourth-order valence-electron chi connectivity index (χ4n) is 1.11. The van der Waals surface area contributed by atoms with Gasteiger partial charge >= 0.3 is 6.18 Å². The Balaban J connectivity index is 2.47. The minimum absolute atomic E-state index is 0.322. The van der Waals surface area contributed by atoms with E-state index in [0.717, 1.165) is 6.07 Å². The molecule has 86 valence electrons. The lowest BCUT2D eigenvalue weighted by atomic mass is 10.4. The van der Waals surface area contributed by atoms with Gasteiger partial charge in [0.25, 0.3) is 0 Å². The quantitative estimate of drug-likeness (QED) is 0.841. The molecule has 0 unspecified atom stereocenters. The number of hydrogen-bond acceptors (Lipinski definition) is 2. The van der Waals surface area contributed by atoms with Crippen molar-refractivity contribution in [3.05, 3.63) is 18.0 Å². The average molecular weight is 221 g/mol. The molecular formula is C9H14F3N3. The Morgan fingerprint density at radius 3 is 2.60 bits per heavy atom. The zero-order valence-electron chi connectivity index (χ0n) is 8.67. The van der Waals surface area contributed by atoms with Crippen LogP contribution >= 0.6 is 0 Å². The molecule has 0 bridgehead atoms. The van der Waals surface area contributed by atoms with Gasteiger partial charge in [-0.25, -0.2) is 0 Å². The number of hydrogen-bond donors (Lipinski definition) is 1. The third kappa shape index (κ3) is 3.91. The molecule has 1 aromatic rings. The lowest BCUT2D eigenvalue weighted by Gasteiger charge is -2.07. The zero-order chi connectivity index (χ0) is 11.5. The Morgan fingerprint density at radius 2 is 2.13 bits per heavy atom. The highest BCUT2D eigenvalue weighted by molar-refractivity contribution is 5.03. The minimum Gasteiger partial charge on any atom is -0.313 e. The fourth-order valence-corrected chi connectivity index (χ4v) is 1.11. The van der Waals surface area contributed by atoms with Crippen molar-refractivity contribution < 1.29 is 13.2 Å². The minimum atomic E-state index is -4.35. The van der Waals surface area contributed by atoms with Gasteiger partial charge in [0.2, 0.25) is 0 Å². The van der Waals surface area contributed by atoms with Gasteiger partial charge in [0.1, 0.15) is 0 Å². The second kappa shape index (κ2) is 4.65. The maximum absolute atomic E-state index is 12.2. The summed E-state index contributed by atoms with van der Waals surface area (Å²) in [6.45, 7) is 5.00. The molecule has 0 radical (unpaired) electrons. The molecule has 1 N–H and O–H groups in total. The van der Waals surface area contributed by atoms with Crippen LogP contribution in [0.1, 0.15) is 19.5 Å². The van der Waals surface area contributed by atoms with Crippen LogP contribution in [0.5, 0.6) is 0 Å². The first-order chi connectivity index (χ1) is 6.89. The molecule has 0 spiro atoms. The SMILES string of the molecule is CC(C)NCCn1ccc(C(F)(F)F)n1. The molecule has 3 nitrogen and oxygen atoms in total. The van der Waals surface area contributed by atoms with Crippen LogP contribution in [0.4, 0.5) is 13.2 Å². The summed E-state index contributed by atoms with van der Waals surface area (Å²) in [4.78, 5) is 0. The van der Waals surface area contributed by atoms with Crippen molar-refractivity contribution in [3.8, 4) is 0 Å². The van der Waals surface area contributed by atoms with Crippen LogP contribution in [-0.2, 0) is 12.7 Å². The van der Waals surface area contributed by atoms with Gasteiger partial charge in [0, 0.05) is 18.8 Å². The summed E-state index contributed by atoms with van der Waals surface area (Å²) in [6, 6.07) is 1.30. The van der Waals surface area contributed by atoms with Gasteiger partial charge in [-0.2, -0.15) is 18.3 Å². The summed E-state index contributed by atoms with van der Waals surface area (Å²) >= 11 is 0. The predicted molar refractivity (Wildman–Crippen MR) is 50.4 cm³/mol. The Morgan fingerprint density at radius 1 is 1.47 bits per heavy atom. The van der Waals surface area contributed by atoms with Crippen molar-refractivity contribution in [3.63, 3.8) is 0 Å². The van der Waals surface area contributed by atoms with Gasteiger partial charge < -0.3 is 5.32 Å². The van der Waals surface area contributed by atoms with E-state index in [-0.39, 0.29) is 0 Å². The van der Waals surface area contributed by atoms with Crippen LogP contribution in [0.2, 0.25) is 0 Å². The Labute approximate surface area is 86.3 Å². The third-order valence-corrected chi connectivity index (χ3v) is 1.82. The van der Waals surface area contributed by atoms with E-state index in [1.54, 1.807) is 0 Å². The molecule has 0 aliphatic rings. The first-order valence-electron chi connectivity index (χ1n) is 4.73. The Kier molecular flexibility index (Phi) is 3.73. The smallest absolute Gasteiger partial charge is 0.313 e. The number of rotatable bonds is 4. The van der Waals surface area contributed by atoms with Crippen LogP contribution < -0.4 is 5.32 Å². The number of nitrogens with one attached hydrogen (secondary N) is 1. The highest BCUT2D eigenvalue weighted by atomic mass is 19.4. The van der Waals surface area contributed by atoms with E-state index in [4.69, 9.17) is 0 Å². The summed E-state index contributed by atoms with van der Waals surface area (Å²) in [5.41, 5.74) is -0.841. The fraction of sp³-hybridized carbons (Fsp3) is 0.667. The molecule has 0 atom stereocenters. The molecular weight excluding hydrogens is 207 g/mol. The van der Waals surface area contributed by atoms with Crippen molar-refractivity contribution >= 4 is 0 Å². The summed E-state index contributed by atoms with van der Waals surface area (Å²) in [5, 5.41) is 6.53. The van der Waals surface area contributed by atoms with E-state index in [2.05, 4.69) is 10.4 Å². The van der Waals surface area contributed by atoms with Crippen LogP contribution in [0, 0.1) is 0 Å². The summed E-state index contributed by atoms with van der Waals surface area (Å²) < 4.78 is 37.8. The van der Waals surface area contributed by atoms with E-state index in [1.165, 1.54) is 10.9 Å². The van der Waals surface area contributed by atoms with Gasteiger partial charge in [-0.05, 0) is 6.07 Å². The normalized spacial score (nSPS) is 12.4. The van der Waals surface area contributed by atoms with Gasteiger partial charge in [-0.3, -0.25) is 4.68 Å². The van der Waals surface area contributed by atoms with E-state index >= 15 is 0 Å². The molecule has 0 aliphatic heterocycles. The summed E-state index contributed by atoms with van der Waals surface area (Å²) in [7, 11) is 0. The maximum Gasteiger partial charge on any atom is 0.435 e. The van der Waals surface area contributed by atoms with Crippen molar-refractivity contribution in [1.82, 2.24) is 15.1 Å². The topological polar surface area (TPSA) is 29.9 Å². The molecule has 0 aliphatic carbocycles. The van der Waals surface area contributed by atoms with Crippen LogP contribution in [0.15, 0.2) is 12.3 Å². The van der Waals surface area contributed by atoms with Crippen molar-refractivity contribution in [1.29, 1.82) is 0 Å². The van der Waals surface area contributed by atoms with Gasteiger partial charge in [-0.15, -0.1) is 0 Å². The predicted octanol–water partition coefficient (Wildman–Crippen LogP) is 1.90. The lowest BCUT2D eigenvalue weighted by molar-refractivity contribution is -0.141. The zero-order valence-corrected chi connectivity index (χ0v) is 8.67. The number of alkyl halides is 3. The molecule has 0 fully saturated rings. The Bertz CT molecular complexity index is 304. The van der Waals surface area contributed by atoms with Gasteiger partial charge in [0.05, 0.1) is 6.54 Å². The Hall–Kier alpha value is -1.04. The van der Waals surface area contributed by atoms with Crippen LogP contribution in [-0.4, -0.2) is 22.4 Å². The molecule has 6 heteroatoms. The van der Waals surface area contributed by atoms with Crippen molar-refractivity contribution in [2.75, 3.05) is 6.54 Å². The van der Waals surface area contributed by atoms with E-state index in [0.29, 0.717) is 19.1 Å². The molecule has 0 aromatic carbocycles. The first-order valence-corrected chi connectivity index (χ1v) is 4.73. The third-order valence-electron chi connectivity index (χ3n) is 1.82. The standard InChI is InChI=1S/C9H14F3N3/c1-7(2)13-4-6-15-5-3-8(14-15)9(10,11)12/h3,5,7,13H,4,6H2,1-2H3. The van der Waals surface area contributed by atoms with E-state index < -0.39 is 11.9 Å². The van der Waals surface area contributed by atoms with E-state index in [9.17, 15) is 13.2 Å². The molecule has 0 saturated heterocycles. The second-order valence-corrected chi connectivity index (χ2v) is 3.57. The molecule has 1 aromatic heterocycles. The molecule has 15 heavy (non-hydrogen) atoms. The number of aromatic nitrogens is 2. The first kappa shape index (κ1) is 12.0.